The van der Waals surface area contributed by atoms with Crippen LogP contribution < -0.4 is 14.8 Å². The highest BCUT2D eigenvalue weighted by Crippen LogP contribution is 2.28. The summed E-state index contributed by atoms with van der Waals surface area (Å²) in [6, 6.07) is 8.21. The van der Waals surface area contributed by atoms with E-state index in [0.717, 1.165) is 25.7 Å². The minimum atomic E-state index is -3.59. The Balaban J connectivity index is 1.54. The van der Waals surface area contributed by atoms with Crippen molar-refractivity contribution in [3.8, 4) is 11.4 Å². The second-order valence-corrected chi connectivity index (χ2v) is 8.43. The quantitative estimate of drug-likeness (QED) is 0.841. The van der Waals surface area contributed by atoms with Gasteiger partial charge in [0.25, 0.3) is 0 Å². The van der Waals surface area contributed by atoms with Crippen LogP contribution in [0.5, 0.6) is 5.75 Å². The van der Waals surface area contributed by atoms with Crippen molar-refractivity contribution >= 4 is 10.0 Å². The van der Waals surface area contributed by atoms with Crippen molar-refractivity contribution in [3.63, 3.8) is 0 Å². The van der Waals surface area contributed by atoms with Crippen LogP contribution in [0.4, 0.5) is 0 Å². The number of piperidine rings is 1. The number of hydrogen-bond acceptors (Lipinski definition) is 5. The molecule has 2 atom stereocenters. The second-order valence-electron chi connectivity index (χ2n) is 6.72. The molecule has 0 saturated carbocycles. The Kier molecular flexibility index (Phi) is 4.26. The van der Waals surface area contributed by atoms with Crippen molar-refractivity contribution in [3.05, 3.63) is 36.7 Å². The van der Waals surface area contributed by atoms with Crippen molar-refractivity contribution in [2.75, 3.05) is 7.11 Å². The molecule has 7 nitrogen and oxygen atoms in total. The molecule has 134 valence electrons. The molecule has 1 aromatic carbocycles. The first-order chi connectivity index (χ1) is 12.0. The van der Waals surface area contributed by atoms with E-state index in [1.54, 1.807) is 7.11 Å². The number of hydrogen-bond donors (Lipinski definition) is 2. The fourth-order valence-corrected chi connectivity index (χ4v) is 5.03. The molecule has 0 aliphatic carbocycles. The molecule has 2 unspecified atom stereocenters. The molecule has 0 radical (unpaired) electrons. The van der Waals surface area contributed by atoms with Gasteiger partial charge in [-0.2, -0.15) is 5.10 Å². The van der Waals surface area contributed by atoms with E-state index in [2.05, 4.69) is 15.1 Å². The predicted molar refractivity (Wildman–Crippen MR) is 93.4 cm³/mol. The Bertz CT molecular complexity index is 852. The van der Waals surface area contributed by atoms with Gasteiger partial charge in [-0.3, -0.25) is 0 Å². The molecule has 4 rings (SSSR count). The molecular formula is C17H22N4O3S. The number of ether oxygens (including phenoxy) is 1. The summed E-state index contributed by atoms with van der Waals surface area (Å²) in [5.74, 6) is 0.637. The van der Waals surface area contributed by atoms with Gasteiger partial charge in [0.2, 0.25) is 10.0 Å². The van der Waals surface area contributed by atoms with Crippen LogP contribution in [0.3, 0.4) is 0 Å². The van der Waals surface area contributed by atoms with Crippen LogP contribution >= 0.6 is 0 Å². The van der Waals surface area contributed by atoms with Crippen LogP contribution in [-0.2, 0) is 10.0 Å². The van der Waals surface area contributed by atoms with Gasteiger partial charge in [0.1, 0.15) is 16.3 Å². The third-order valence-corrected chi connectivity index (χ3v) is 6.47. The lowest BCUT2D eigenvalue weighted by molar-refractivity contribution is 0.345. The highest BCUT2D eigenvalue weighted by molar-refractivity contribution is 7.89. The van der Waals surface area contributed by atoms with Gasteiger partial charge in [-0.15, -0.1) is 0 Å². The first-order valence-corrected chi connectivity index (χ1v) is 10.00. The van der Waals surface area contributed by atoms with Crippen LogP contribution in [0.1, 0.15) is 25.7 Å². The Morgan fingerprint density at radius 1 is 1.24 bits per heavy atom. The van der Waals surface area contributed by atoms with Crippen LogP contribution in [-0.4, -0.2) is 43.4 Å². The summed E-state index contributed by atoms with van der Waals surface area (Å²) in [6.07, 6.45) is 6.86. The van der Waals surface area contributed by atoms with Crippen molar-refractivity contribution < 1.29 is 13.2 Å². The molecule has 2 aromatic rings. The highest BCUT2D eigenvalue weighted by Gasteiger charge is 2.35. The van der Waals surface area contributed by atoms with Gasteiger partial charge in [-0.25, -0.2) is 17.8 Å². The molecule has 3 heterocycles. The SMILES string of the molecule is COc1ccccc1-n1cc(S(=O)(=O)NC2CC3CCC(C2)N3)cn1. The number of sulfonamides is 1. The van der Waals surface area contributed by atoms with Gasteiger partial charge in [-0.05, 0) is 37.8 Å². The largest absolute Gasteiger partial charge is 0.494 e. The number of benzene rings is 1. The minimum absolute atomic E-state index is 0.0154. The zero-order chi connectivity index (χ0) is 17.4. The Morgan fingerprint density at radius 3 is 2.68 bits per heavy atom. The molecule has 2 saturated heterocycles. The van der Waals surface area contributed by atoms with Gasteiger partial charge in [0.05, 0.1) is 19.5 Å². The predicted octanol–water partition coefficient (Wildman–Crippen LogP) is 1.44. The van der Waals surface area contributed by atoms with E-state index in [4.69, 9.17) is 4.74 Å². The summed E-state index contributed by atoms with van der Waals surface area (Å²) in [5, 5.41) is 7.72. The lowest BCUT2D eigenvalue weighted by Gasteiger charge is -2.29. The molecule has 2 fully saturated rings. The number of fused-ring (bicyclic) bond motifs is 2. The molecule has 0 amide bonds. The van der Waals surface area contributed by atoms with E-state index in [1.165, 1.54) is 17.1 Å². The number of para-hydroxylation sites is 2. The van der Waals surface area contributed by atoms with Gasteiger partial charge < -0.3 is 10.1 Å². The van der Waals surface area contributed by atoms with E-state index in [-0.39, 0.29) is 10.9 Å². The van der Waals surface area contributed by atoms with Gasteiger partial charge in [0, 0.05) is 18.1 Å². The maximum Gasteiger partial charge on any atom is 0.243 e. The van der Waals surface area contributed by atoms with Crippen LogP contribution in [0.2, 0.25) is 0 Å². The molecule has 2 aliphatic heterocycles. The van der Waals surface area contributed by atoms with Crippen LogP contribution in [0, 0.1) is 0 Å². The summed E-state index contributed by atoms with van der Waals surface area (Å²) in [4.78, 5) is 0.171. The highest BCUT2D eigenvalue weighted by atomic mass is 32.2. The van der Waals surface area contributed by atoms with Crippen LogP contribution in [0.25, 0.3) is 5.69 Å². The van der Waals surface area contributed by atoms with Crippen molar-refractivity contribution in [1.82, 2.24) is 19.8 Å². The van der Waals surface area contributed by atoms with E-state index < -0.39 is 10.0 Å². The summed E-state index contributed by atoms with van der Waals surface area (Å²) in [6.45, 7) is 0. The maximum atomic E-state index is 12.7. The molecule has 2 aliphatic rings. The lowest BCUT2D eigenvalue weighted by Crippen LogP contribution is -2.47. The first kappa shape index (κ1) is 16.6. The van der Waals surface area contributed by atoms with Crippen LogP contribution in [0.15, 0.2) is 41.6 Å². The summed E-state index contributed by atoms with van der Waals surface area (Å²) < 4.78 is 35.1. The Morgan fingerprint density at radius 2 is 1.96 bits per heavy atom. The first-order valence-electron chi connectivity index (χ1n) is 8.51. The Labute approximate surface area is 147 Å². The number of methoxy groups -OCH3 is 1. The average molecular weight is 362 g/mol. The maximum absolute atomic E-state index is 12.7. The summed E-state index contributed by atoms with van der Waals surface area (Å²) in [7, 11) is -2.01. The number of rotatable bonds is 5. The van der Waals surface area contributed by atoms with Gasteiger partial charge in [-0.1, -0.05) is 12.1 Å². The van der Waals surface area contributed by atoms with Gasteiger partial charge >= 0.3 is 0 Å². The average Bonchev–Trinajstić information content (AvgIpc) is 3.22. The van der Waals surface area contributed by atoms with Crippen molar-refractivity contribution in [1.29, 1.82) is 0 Å². The second kappa shape index (κ2) is 6.44. The number of nitrogens with zero attached hydrogens (tertiary/aromatic N) is 2. The zero-order valence-corrected chi connectivity index (χ0v) is 14.9. The third kappa shape index (κ3) is 3.29. The molecule has 2 bridgehead atoms. The van der Waals surface area contributed by atoms with Gasteiger partial charge in [0.15, 0.2) is 0 Å². The summed E-state index contributed by atoms with van der Waals surface area (Å²) >= 11 is 0. The molecule has 25 heavy (non-hydrogen) atoms. The molecule has 2 N–H and O–H groups in total. The molecule has 0 spiro atoms. The summed E-state index contributed by atoms with van der Waals surface area (Å²) in [5.41, 5.74) is 0.700. The number of aromatic nitrogens is 2. The fourth-order valence-electron chi connectivity index (χ4n) is 3.84. The Hall–Kier alpha value is -1.90. The molecular weight excluding hydrogens is 340 g/mol. The topological polar surface area (TPSA) is 85.2 Å². The van der Waals surface area contributed by atoms with E-state index in [0.29, 0.717) is 23.5 Å². The molecule has 8 heteroatoms. The van der Waals surface area contributed by atoms with Crippen molar-refractivity contribution in [2.45, 2.75) is 48.7 Å². The monoisotopic (exact) mass is 362 g/mol. The van der Waals surface area contributed by atoms with Crippen molar-refractivity contribution in [2.24, 2.45) is 0 Å². The smallest absolute Gasteiger partial charge is 0.243 e. The zero-order valence-electron chi connectivity index (χ0n) is 14.1. The minimum Gasteiger partial charge on any atom is -0.494 e. The van der Waals surface area contributed by atoms with E-state index in [9.17, 15) is 8.42 Å². The van der Waals surface area contributed by atoms with E-state index in [1.807, 2.05) is 24.3 Å². The third-order valence-electron chi connectivity index (χ3n) is 5.00. The number of nitrogens with one attached hydrogen (secondary N) is 2. The fraction of sp³-hybridized carbons (Fsp3) is 0.471. The normalized spacial score (nSPS) is 25.9. The van der Waals surface area contributed by atoms with E-state index >= 15 is 0 Å². The standard InChI is InChI=1S/C17H22N4O3S/c1-24-17-5-3-2-4-16(17)21-11-15(10-18-21)25(22,23)20-14-8-12-6-7-13(9-14)19-12/h2-5,10-14,19-20H,6-9H2,1H3. The lowest BCUT2D eigenvalue weighted by atomic mass is 10.0. The molecule has 1 aromatic heterocycles.